The molecule has 4 rings (SSSR count). The van der Waals surface area contributed by atoms with Crippen LogP contribution in [0.3, 0.4) is 0 Å². The van der Waals surface area contributed by atoms with Gasteiger partial charge in [-0.3, -0.25) is 0 Å². The lowest BCUT2D eigenvalue weighted by molar-refractivity contribution is -0.0924. The Morgan fingerprint density at radius 2 is 1.77 bits per heavy atom. The summed E-state index contributed by atoms with van der Waals surface area (Å²) in [7, 11) is 2.52. The Morgan fingerprint density at radius 3 is 2.31 bits per heavy atom. The van der Waals surface area contributed by atoms with E-state index in [4.69, 9.17) is 4.52 Å². The lowest BCUT2D eigenvalue weighted by Crippen LogP contribution is -2.55. The van der Waals surface area contributed by atoms with Crippen LogP contribution in [0.2, 0.25) is 0 Å². The first kappa shape index (κ1) is 9.35. The molecule has 4 aliphatic rings. The molecule has 0 saturated heterocycles. The van der Waals surface area contributed by atoms with E-state index in [0.717, 1.165) is 21.7 Å². The molecule has 0 aromatic rings. The van der Waals surface area contributed by atoms with Gasteiger partial charge in [-0.05, 0) is 49.9 Å². The maximum absolute atomic E-state index is 5.71. The molecule has 0 aromatic heterocycles. The summed E-state index contributed by atoms with van der Waals surface area (Å²) in [5.74, 6) is 2.92. The summed E-state index contributed by atoms with van der Waals surface area (Å²) in [6.45, 7) is 0. The van der Waals surface area contributed by atoms with E-state index in [0.29, 0.717) is 0 Å². The van der Waals surface area contributed by atoms with Crippen LogP contribution in [0.5, 0.6) is 0 Å². The first-order chi connectivity index (χ1) is 6.22. The van der Waals surface area contributed by atoms with Gasteiger partial charge in [0.15, 0.2) is 0 Å². The molecule has 3 atom stereocenters. The molecule has 0 amide bonds. The van der Waals surface area contributed by atoms with Crippen molar-refractivity contribution >= 4 is 32.1 Å². The van der Waals surface area contributed by atoms with Crippen LogP contribution in [0.4, 0.5) is 0 Å². The molecule has 1 nitrogen and oxygen atoms in total. The van der Waals surface area contributed by atoms with E-state index in [1.54, 1.807) is 0 Å². The molecule has 0 aromatic carbocycles. The SMILES string of the molecule is POC12CC3CC(C1)C(I)C(C3)C2. The lowest BCUT2D eigenvalue weighted by atomic mass is 9.54. The second kappa shape index (κ2) is 3.05. The number of alkyl halides is 1. The van der Waals surface area contributed by atoms with Crippen LogP contribution in [0.15, 0.2) is 0 Å². The van der Waals surface area contributed by atoms with Crippen molar-refractivity contribution in [2.24, 2.45) is 17.8 Å². The molecule has 0 heterocycles. The highest BCUT2D eigenvalue weighted by atomic mass is 127. The minimum Gasteiger partial charge on any atom is -0.359 e. The monoisotopic (exact) mass is 310 g/mol. The van der Waals surface area contributed by atoms with Crippen molar-refractivity contribution in [1.82, 2.24) is 0 Å². The molecular formula is C10H16IOP. The average Bonchev–Trinajstić information content (AvgIpc) is 2.13. The third-order valence-electron chi connectivity index (χ3n) is 4.35. The summed E-state index contributed by atoms with van der Waals surface area (Å²) in [4.78, 5) is 0. The molecule has 3 unspecified atom stereocenters. The van der Waals surface area contributed by atoms with Crippen LogP contribution in [-0.4, -0.2) is 9.53 Å². The fourth-order valence-electron chi connectivity index (χ4n) is 4.03. The van der Waals surface area contributed by atoms with Gasteiger partial charge < -0.3 is 4.52 Å². The standard InChI is InChI=1S/C10H16IOP/c11-9-7-1-6-2-8(9)5-10(3-6,4-7)12-13/h6-9H,1-5,13H2. The maximum Gasteiger partial charge on any atom is 0.0726 e. The van der Waals surface area contributed by atoms with E-state index >= 15 is 0 Å². The topological polar surface area (TPSA) is 9.23 Å². The first-order valence-corrected chi connectivity index (χ1v) is 6.96. The van der Waals surface area contributed by atoms with Crippen molar-refractivity contribution in [3.05, 3.63) is 0 Å². The van der Waals surface area contributed by atoms with Gasteiger partial charge in [0.25, 0.3) is 0 Å². The van der Waals surface area contributed by atoms with Crippen LogP contribution >= 0.6 is 32.1 Å². The molecule has 0 spiro atoms. The quantitative estimate of drug-likeness (QED) is 0.411. The highest BCUT2D eigenvalue weighted by Crippen LogP contribution is 2.59. The second-order valence-corrected chi connectivity index (χ2v) is 6.89. The van der Waals surface area contributed by atoms with Crippen LogP contribution in [0.1, 0.15) is 32.1 Å². The van der Waals surface area contributed by atoms with Crippen molar-refractivity contribution in [1.29, 1.82) is 0 Å². The minimum atomic E-state index is 0.281. The summed E-state index contributed by atoms with van der Waals surface area (Å²) < 4.78 is 6.66. The van der Waals surface area contributed by atoms with Crippen LogP contribution < -0.4 is 0 Å². The third-order valence-corrected chi connectivity index (χ3v) is 6.89. The minimum absolute atomic E-state index is 0.281. The van der Waals surface area contributed by atoms with Crippen molar-refractivity contribution in [2.75, 3.05) is 0 Å². The summed E-state index contributed by atoms with van der Waals surface area (Å²) in [6, 6.07) is 0. The first-order valence-electron chi connectivity index (χ1n) is 5.24. The lowest BCUT2D eigenvalue weighted by Gasteiger charge is -2.58. The largest absolute Gasteiger partial charge is 0.359 e. The van der Waals surface area contributed by atoms with E-state index in [9.17, 15) is 0 Å². The van der Waals surface area contributed by atoms with Gasteiger partial charge in [-0.15, -0.1) is 0 Å². The van der Waals surface area contributed by atoms with Gasteiger partial charge in [-0.1, -0.05) is 22.6 Å². The van der Waals surface area contributed by atoms with Crippen LogP contribution in [0.25, 0.3) is 0 Å². The Bertz CT molecular complexity index is 217. The molecule has 4 fully saturated rings. The van der Waals surface area contributed by atoms with Crippen LogP contribution in [0, 0.1) is 17.8 Å². The van der Waals surface area contributed by atoms with Gasteiger partial charge in [-0.25, -0.2) is 0 Å². The molecular weight excluding hydrogens is 294 g/mol. The Labute approximate surface area is 95.8 Å². The van der Waals surface area contributed by atoms with Gasteiger partial charge in [0.2, 0.25) is 0 Å². The van der Waals surface area contributed by atoms with Crippen molar-refractivity contribution in [2.45, 2.75) is 41.6 Å². The number of hydrogen-bond donors (Lipinski definition) is 0. The third kappa shape index (κ3) is 1.32. The zero-order valence-corrected chi connectivity index (χ0v) is 11.0. The zero-order valence-electron chi connectivity index (χ0n) is 7.71. The highest BCUT2D eigenvalue weighted by molar-refractivity contribution is 14.1. The maximum atomic E-state index is 5.71. The summed E-state index contributed by atoms with van der Waals surface area (Å²) in [6.07, 6.45) is 6.97. The fraction of sp³-hybridized carbons (Fsp3) is 1.00. The zero-order chi connectivity index (χ0) is 9.05. The second-order valence-electron chi connectivity index (χ2n) is 5.22. The summed E-state index contributed by atoms with van der Waals surface area (Å²) >= 11 is 2.69. The van der Waals surface area contributed by atoms with Gasteiger partial charge >= 0.3 is 0 Å². The van der Waals surface area contributed by atoms with E-state index in [-0.39, 0.29) is 5.60 Å². The molecule has 4 saturated carbocycles. The number of halogens is 1. The van der Waals surface area contributed by atoms with E-state index < -0.39 is 0 Å². The Balaban J connectivity index is 1.92. The van der Waals surface area contributed by atoms with Crippen molar-refractivity contribution in [3.63, 3.8) is 0 Å². The Morgan fingerprint density at radius 1 is 1.15 bits per heavy atom. The van der Waals surface area contributed by atoms with Crippen molar-refractivity contribution < 1.29 is 4.52 Å². The summed E-state index contributed by atoms with van der Waals surface area (Å²) in [5, 5.41) is 0. The number of hydrogen-bond acceptors (Lipinski definition) is 1. The summed E-state index contributed by atoms with van der Waals surface area (Å²) in [5.41, 5.74) is 0.281. The Hall–Kier alpha value is 1.12. The predicted molar refractivity (Wildman–Crippen MR) is 64.9 cm³/mol. The average molecular weight is 310 g/mol. The predicted octanol–water partition coefficient (Wildman–Crippen LogP) is 3.18. The van der Waals surface area contributed by atoms with E-state index in [1.807, 2.05) is 0 Å². The molecule has 0 aliphatic heterocycles. The van der Waals surface area contributed by atoms with Gasteiger partial charge in [0.05, 0.1) is 5.60 Å². The smallest absolute Gasteiger partial charge is 0.0726 e. The van der Waals surface area contributed by atoms with Gasteiger partial charge in [-0.2, -0.15) is 0 Å². The molecule has 0 N–H and O–H groups in total. The van der Waals surface area contributed by atoms with E-state index in [2.05, 4.69) is 32.1 Å². The van der Waals surface area contributed by atoms with Crippen LogP contribution in [-0.2, 0) is 4.52 Å². The molecule has 3 heteroatoms. The Kier molecular flexibility index (Phi) is 2.20. The van der Waals surface area contributed by atoms with Gasteiger partial charge in [0.1, 0.15) is 0 Å². The fourth-order valence-corrected chi connectivity index (χ4v) is 5.42. The van der Waals surface area contributed by atoms with Crippen molar-refractivity contribution in [3.8, 4) is 0 Å². The molecule has 13 heavy (non-hydrogen) atoms. The molecule has 0 radical (unpaired) electrons. The number of rotatable bonds is 1. The molecule has 74 valence electrons. The molecule has 4 aliphatic carbocycles. The normalized spacial score (nSPS) is 58.6. The van der Waals surface area contributed by atoms with Gasteiger partial charge in [0, 0.05) is 13.4 Å². The molecule has 4 bridgehead atoms. The highest BCUT2D eigenvalue weighted by Gasteiger charge is 2.54. The van der Waals surface area contributed by atoms with E-state index in [1.165, 1.54) is 32.1 Å².